The average molecular weight is 370 g/mol. The molecule has 2 aliphatic rings. The van der Waals surface area contributed by atoms with E-state index in [0.717, 1.165) is 34.8 Å². The van der Waals surface area contributed by atoms with Gasteiger partial charge in [0.05, 0.1) is 31.0 Å². The monoisotopic (exact) mass is 370 g/mol. The maximum Gasteiger partial charge on any atom is 0.317 e. The van der Waals surface area contributed by atoms with Crippen molar-refractivity contribution in [1.82, 2.24) is 15.1 Å². The summed E-state index contributed by atoms with van der Waals surface area (Å²) in [6.45, 7) is 10.9. The quantitative estimate of drug-likeness (QED) is 0.867. The third-order valence-corrected chi connectivity index (χ3v) is 5.06. The van der Waals surface area contributed by atoms with E-state index in [2.05, 4.69) is 46.4 Å². The number of hydrogen-bond acceptors (Lipinski definition) is 4. The molecule has 1 N–H and O–H groups in total. The normalized spacial score (nSPS) is 17.6. The van der Waals surface area contributed by atoms with E-state index in [1.165, 1.54) is 0 Å². The molecule has 2 aliphatic heterocycles. The molecule has 0 aromatic heterocycles. The first-order valence-electron chi connectivity index (χ1n) is 9.58. The largest absolute Gasteiger partial charge is 0.372 e. The van der Waals surface area contributed by atoms with Gasteiger partial charge in [-0.3, -0.25) is 0 Å². The van der Waals surface area contributed by atoms with E-state index in [9.17, 15) is 4.79 Å². The zero-order chi connectivity index (χ0) is 19.6. The minimum absolute atomic E-state index is 0.0275. The second kappa shape index (κ2) is 8.13. The Morgan fingerprint density at radius 1 is 1.33 bits per heavy atom. The molecule has 1 aromatic carbocycles. The van der Waals surface area contributed by atoms with Gasteiger partial charge in [0, 0.05) is 25.7 Å². The van der Waals surface area contributed by atoms with Crippen LogP contribution in [0.3, 0.4) is 0 Å². The Labute approximate surface area is 161 Å². The molecule has 1 fully saturated rings. The van der Waals surface area contributed by atoms with E-state index in [4.69, 9.17) is 4.74 Å². The number of benzene rings is 1. The van der Waals surface area contributed by atoms with Crippen molar-refractivity contribution in [3.63, 3.8) is 0 Å². The third-order valence-electron chi connectivity index (χ3n) is 5.06. The number of ether oxygens (including phenoxy) is 1. The van der Waals surface area contributed by atoms with Gasteiger partial charge in [-0.05, 0) is 51.0 Å². The van der Waals surface area contributed by atoms with Gasteiger partial charge in [0.15, 0.2) is 0 Å². The number of urea groups is 1. The number of amides is 2. The molecule has 1 aromatic rings. The van der Waals surface area contributed by atoms with Gasteiger partial charge in [0.25, 0.3) is 0 Å². The Balaban J connectivity index is 1.54. The van der Waals surface area contributed by atoms with Gasteiger partial charge in [-0.2, -0.15) is 0 Å². The Hall–Kier alpha value is -2.34. The number of likely N-dealkylation sites (N-methyl/N-ethyl adjacent to an activating group) is 1. The molecule has 3 rings (SSSR count). The lowest BCUT2D eigenvalue weighted by Gasteiger charge is -2.39. The molecule has 0 unspecified atom stereocenters. The summed E-state index contributed by atoms with van der Waals surface area (Å²) in [7, 11) is 2.04. The predicted octanol–water partition coefficient (Wildman–Crippen LogP) is 3.02. The zero-order valence-electron chi connectivity index (χ0n) is 17.0. The summed E-state index contributed by atoms with van der Waals surface area (Å²) >= 11 is 0. The molecule has 0 bridgehead atoms. The topological polar surface area (TPSA) is 57.2 Å². The van der Waals surface area contributed by atoms with Crippen molar-refractivity contribution in [3.05, 3.63) is 41.0 Å². The molecule has 0 saturated carbocycles. The maximum absolute atomic E-state index is 12.3. The molecule has 6 heteroatoms. The van der Waals surface area contributed by atoms with Gasteiger partial charge in [0.1, 0.15) is 5.84 Å². The summed E-state index contributed by atoms with van der Waals surface area (Å²) < 4.78 is 5.69. The molecule has 27 heavy (non-hydrogen) atoms. The van der Waals surface area contributed by atoms with Crippen LogP contribution in [0.15, 0.2) is 29.3 Å². The van der Waals surface area contributed by atoms with Crippen molar-refractivity contribution in [2.24, 2.45) is 4.99 Å². The standard InChI is InChI=1S/C21H30N4O2/c1-14(2)27-19-12-25(13-19)21(26)22-11-18-7-6-17(10-15(18)3)20-8-9-24(5)16(4)23-20/h6-8,10,14,19H,9,11-13H2,1-5H3,(H,22,26). The van der Waals surface area contributed by atoms with Gasteiger partial charge in [-0.15, -0.1) is 0 Å². The van der Waals surface area contributed by atoms with Crippen molar-refractivity contribution in [2.75, 3.05) is 26.7 Å². The lowest BCUT2D eigenvalue weighted by molar-refractivity contribution is -0.0641. The number of aryl methyl sites for hydroxylation is 1. The first kappa shape index (κ1) is 19.4. The molecule has 146 valence electrons. The highest BCUT2D eigenvalue weighted by Gasteiger charge is 2.31. The van der Waals surface area contributed by atoms with Gasteiger partial charge < -0.3 is 19.9 Å². The number of nitrogens with one attached hydrogen (secondary N) is 1. The molecule has 0 spiro atoms. The molecular formula is C21H30N4O2. The van der Waals surface area contributed by atoms with E-state index in [1.54, 1.807) is 4.90 Å². The second-order valence-electron chi connectivity index (χ2n) is 7.64. The molecule has 0 atom stereocenters. The van der Waals surface area contributed by atoms with E-state index >= 15 is 0 Å². The highest BCUT2D eigenvalue weighted by molar-refractivity contribution is 5.88. The number of hydrogen-bond donors (Lipinski definition) is 1. The molecule has 0 aliphatic carbocycles. The highest BCUT2D eigenvalue weighted by Crippen LogP contribution is 2.22. The van der Waals surface area contributed by atoms with Gasteiger partial charge >= 0.3 is 6.03 Å². The molecule has 0 radical (unpaired) electrons. The summed E-state index contributed by atoms with van der Waals surface area (Å²) in [5.74, 6) is 1.02. The molecule has 6 nitrogen and oxygen atoms in total. The van der Waals surface area contributed by atoms with Crippen LogP contribution in [0.2, 0.25) is 0 Å². The number of amidine groups is 1. The minimum Gasteiger partial charge on any atom is -0.372 e. The summed E-state index contributed by atoms with van der Waals surface area (Å²) in [5, 5.41) is 3.01. The number of aliphatic imine (C=N–C) groups is 1. The molecular weight excluding hydrogens is 340 g/mol. The van der Waals surface area contributed by atoms with E-state index < -0.39 is 0 Å². The smallest absolute Gasteiger partial charge is 0.317 e. The average Bonchev–Trinajstić information content (AvgIpc) is 2.58. The summed E-state index contributed by atoms with van der Waals surface area (Å²) in [6.07, 6.45) is 2.51. The lowest BCUT2D eigenvalue weighted by Crippen LogP contribution is -2.58. The summed E-state index contributed by atoms with van der Waals surface area (Å²) in [5.41, 5.74) is 4.41. The van der Waals surface area contributed by atoms with Crippen molar-refractivity contribution in [3.8, 4) is 0 Å². The van der Waals surface area contributed by atoms with Gasteiger partial charge in [-0.25, -0.2) is 9.79 Å². The second-order valence-corrected chi connectivity index (χ2v) is 7.64. The van der Waals surface area contributed by atoms with E-state index in [-0.39, 0.29) is 18.2 Å². The number of carbonyl (C=O) groups is 1. The first-order chi connectivity index (χ1) is 12.8. The summed E-state index contributed by atoms with van der Waals surface area (Å²) in [6, 6.07) is 6.28. The van der Waals surface area contributed by atoms with Crippen LogP contribution in [0.1, 0.15) is 37.5 Å². The van der Waals surface area contributed by atoms with Crippen LogP contribution < -0.4 is 5.32 Å². The SMILES string of the molecule is CC1=NC(c2ccc(CNC(=O)N3CC(OC(C)C)C3)c(C)c2)=CCN1C. The minimum atomic E-state index is -0.0275. The fraction of sp³-hybridized carbons (Fsp3) is 0.524. The molecule has 2 amide bonds. The third kappa shape index (κ3) is 4.69. The van der Waals surface area contributed by atoms with Crippen molar-refractivity contribution < 1.29 is 9.53 Å². The Morgan fingerprint density at radius 2 is 2.07 bits per heavy atom. The van der Waals surface area contributed by atoms with Crippen molar-refractivity contribution in [1.29, 1.82) is 0 Å². The van der Waals surface area contributed by atoms with Crippen molar-refractivity contribution >= 4 is 17.6 Å². The predicted molar refractivity (Wildman–Crippen MR) is 109 cm³/mol. The van der Waals surface area contributed by atoms with Crippen LogP contribution in [0.25, 0.3) is 5.70 Å². The van der Waals surface area contributed by atoms with Crippen LogP contribution in [0, 0.1) is 6.92 Å². The van der Waals surface area contributed by atoms with Crippen LogP contribution >= 0.6 is 0 Å². The van der Waals surface area contributed by atoms with E-state index in [1.807, 2.05) is 27.8 Å². The van der Waals surface area contributed by atoms with Gasteiger partial charge in [0.2, 0.25) is 0 Å². The Kier molecular flexibility index (Phi) is 5.85. The number of rotatable bonds is 5. The molecule has 1 saturated heterocycles. The van der Waals surface area contributed by atoms with Crippen molar-refractivity contribution in [2.45, 2.75) is 46.4 Å². The Bertz CT molecular complexity index is 763. The van der Waals surface area contributed by atoms with Crippen LogP contribution in [-0.4, -0.2) is 60.6 Å². The summed E-state index contributed by atoms with van der Waals surface area (Å²) in [4.78, 5) is 20.8. The van der Waals surface area contributed by atoms with E-state index in [0.29, 0.717) is 19.6 Å². The fourth-order valence-electron chi connectivity index (χ4n) is 3.25. The van der Waals surface area contributed by atoms with Crippen LogP contribution in [-0.2, 0) is 11.3 Å². The highest BCUT2D eigenvalue weighted by atomic mass is 16.5. The number of likely N-dealkylation sites (tertiary alicyclic amines) is 1. The zero-order valence-corrected chi connectivity index (χ0v) is 17.0. The van der Waals surface area contributed by atoms with Crippen LogP contribution in [0.4, 0.5) is 4.79 Å². The lowest BCUT2D eigenvalue weighted by atomic mass is 10.0. The number of nitrogens with zero attached hydrogens (tertiary/aromatic N) is 3. The molecule has 2 heterocycles. The Morgan fingerprint density at radius 3 is 2.70 bits per heavy atom. The maximum atomic E-state index is 12.3. The number of carbonyl (C=O) groups excluding carboxylic acids is 1. The fourth-order valence-corrected chi connectivity index (χ4v) is 3.25. The van der Waals surface area contributed by atoms with Gasteiger partial charge in [-0.1, -0.05) is 12.1 Å². The van der Waals surface area contributed by atoms with Crippen LogP contribution in [0.5, 0.6) is 0 Å². The first-order valence-corrected chi connectivity index (χ1v) is 9.58.